The molecule has 28 heavy (non-hydrogen) atoms. The fourth-order valence-electron chi connectivity index (χ4n) is 2.80. The number of nitrogens with zero attached hydrogens (tertiary/aromatic N) is 3. The third-order valence-electron chi connectivity index (χ3n) is 4.39. The molecule has 0 bridgehead atoms. The normalized spacial score (nSPS) is 10.5. The van der Waals surface area contributed by atoms with Gasteiger partial charge in [0.05, 0.1) is 5.56 Å². The van der Waals surface area contributed by atoms with Crippen LogP contribution in [-0.4, -0.2) is 29.0 Å². The molecular weight excluding hydrogens is 372 g/mol. The third-order valence-corrected chi connectivity index (χ3v) is 4.65. The maximum absolute atomic E-state index is 12.3. The molecule has 6 heteroatoms. The van der Waals surface area contributed by atoms with Crippen LogP contribution >= 0.6 is 11.6 Å². The molecule has 0 spiro atoms. The zero-order valence-electron chi connectivity index (χ0n) is 15.8. The molecule has 1 aromatic heterocycles. The summed E-state index contributed by atoms with van der Waals surface area (Å²) >= 11 is 5.88. The van der Waals surface area contributed by atoms with E-state index in [9.17, 15) is 4.79 Å². The first-order chi connectivity index (χ1) is 13.7. The second-order valence-corrected chi connectivity index (χ2v) is 6.84. The van der Waals surface area contributed by atoms with Gasteiger partial charge in [-0.2, -0.15) is 0 Å². The minimum atomic E-state index is -0.174. The molecule has 1 N–H and O–H groups in total. The van der Waals surface area contributed by atoms with Gasteiger partial charge in [0.1, 0.15) is 0 Å². The van der Waals surface area contributed by atoms with Gasteiger partial charge in [-0.25, -0.2) is 9.97 Å². The highest BCUT2D eigenvalue weighted by atomic mass is 35.5. The number of hydrogen-bond donors (Lipinski definition) is 1. The summed E-state index contributed by atoms with van der Waals surface area (Å²) < 4.78 is 0. The molecule has 0 aliphatic carbocycles. The minimum absolute atomic E-state index is 0.174. The summed E-state index contributed by atoms with van der Waals surface area (Å²) in [6, 6.07) is 17.8. The molecule has 0 aliphatic rings. The number of benzene rings is 2. The molecule has 0 atom stereocenters. The van der Waals surface area contributed by atoms with Crippen molar-refractivity contribution in [2.45, 2.75) is 19.9 Å². The van der Waals surface area contributed by atoms with E-state index in [1.54, 1.807) is 12.4 Å². The number of halogens is 1. The van der Waals surface area contributed by atoms with Crippen molar-refractivity contribution < 1.29 is 4.79 Å². The van der Waals surface area contributed by atoms with Gasteiger partial charge in [-0.1, -0.05) is 54.1 Å². The summed E-state index contributed by atoms with van der Waals surface area (Å²) in [6.07, 6.45) is 3.89. The van der Waals surface area contributed by atoms with Crippen LogP contribution in [0, 0.1) is 0 Å². The Bertz CT molecular complexity index is 883. The molecule has 3 rings (SSSR count). The predicted molar refractivity (Wildman–Crippen MR) is 113 cm³/mol. The summed E-state index contributed by atoms with van der Waals surface area (Å²) in [6.45, 7) is 4.10. The van der Waals surface area contributed by atoms with E-state index >= 15 is 0 Å². The standard InChI is InChI=1S/C22H23ClN4O/c1-2-27(16-18-6-4-3-5-7-18)22-25-14-19(15-26-22)21(28)24-13-12-17-8-10-20(23)11-9-17/h3-11,14-15H,2,12-13,16H2,1H3,(H,24,28). The highest BCUT2D eigenvalue weighted by molar-refractivity contribution is 6.30. The maximum Gasteiger partial charge on any atom is 0.254 e. The van der Waals surface area contributed by atoms with Crippen molar-refractivity contribution in [3.63, 3.8) is 0 Å². The van der Waals surface area contributed by atoms with Crippen LogP contribution in [0.15, 0.2) is 67.0 Å². The van der Waals surface area contributed by atoms with Crippen molar-refractivity contribution >= 4 is 23.5 Å². The Hall–Kier alpha value is -2.92. The van der Waals surface area contributed by atoms with Crippen molar-refractivity contribution in [3.8, 4) is 0 Å². The Morgan fingerprint density at radius 2 is 1.68 bits per heavy atom. The second kappa shape index (κ2) is 9.85. The Morgan fingerprint density at radius 3 is 2.32 bits per heavy atom. The fraction of sp³-hybridized carbons (Fsp3) is 0.227. The minimum Gasteiger partial charge on any atom is -0.352 e. The van der Waals surface area contributed by atoms with Gasteiger partial charge in [-0.05, 0) is 36.6 Å². The van der Waals surface area contributed by atoms with Gasteiger partial charge in [0, 0.05) is 37.1 Å². The number of anilines is 1. The number of aromatic nitrogens is 2. The Labute approximate surface area is 170 Å². The lowest BCUT2D eigenvalue weighted by atomic mass is 10.1. The lowest BCUT2D eigenvalue weighted by molar-refractivity contribution is 0.0953. The number of hydrogen-bond acceptors (Lipinski definition) is 4. The van der Waals surface area contributed by atoms with Crippen LogP contribution in [0.1, 0.15) is 28.4 Å². The summed E-state index contributed by atoms with van der Waals surface area (Å²) in [7, 11) is 0. The van der Waals surface area contributed by atoms with Crippen LogP contribution in [0.2, 0.25) is 5.02 Å². The number of rotatable bonds is 8. The first kappa shape index (κ1) is 19.8. The third kappa shape index (κ3) is 5.54. The molecular formula is C22H23ClN4O. The summed E-state index contributed by atoms with van der Waals surface area (Å²) in [4.78, 5) is 23.1. The number of amides is 1. The quantitative estimate of drug-likeness (QED) is 0.624. The van der Waals surface area contributed by atoms with E-state index in [1.807, 2.05) is 42.5 Å². The highest BCUT2D eigenvalue weighted by Gasteiger charge is 2.11. The van der Waals surface area contributed by atoms with E-state index in [2.05, 4.69) is 39.2 Å². The van der Waals surface area contributed by atoms with Crippen LogP contribution < -0.4 is 10.2 Å². The molecule has 144 valence electrons. The number of carbonyl (C=O) groups excluding carboxylic acids is 1. The summed E-state index contributed by atoms with van der Waals surface area (Å²) in [5.41, 5.74) is 2.77. The van der Waals surface area contributed by atoms with E-state index in [0.717, 1.165) is 25.1 Å². The lowest BCUT2D eigenvalue weighted by Gasteiger charge is -2.20. The van der Waals surface area contributed by atoms with E-state index in [1.165, 1.54) is 5.56 Å². The molecule has 0 fully saturated rings. The van der Waals surface area contributed by atoms with Gasteiger partial charge in [0.25, 0.3) is 5.91 Å². The van der Waals surface area contributed by atoms with Crippen molar-refractivity contribution in [3.05, 3.63) is 88.7 Å². The van der Waals surface area contributed by atoms with Crippen molar-refractivity contribution in [1.29, 1.82) is 0 Å². The highest BCUT2D eigenvalue weighted by Crippen LogP contribution is 2.12. The van der Waals surface area contributed by atoms with Gasteiger partial charge in [-0.15, -0.1) is 0 Å². The fourth-order valence-corrected chi connectivity index (χ4v) is 2.93. The molecule has 1 amide bonds. The van der Waals surface area contributed by atoms with E-state index in [-0.39, 0.29) is 5.91 Å². The molecule has 0 saturated heterocycles. The van der Waals surface area contributed by atoms with Gasteiger partial charge in [0.15, 0.2) is 0 Å². The van der Waals surface area contributed by atoms with E-state index in [4.69, 9.17) is 11.6 Å². The smallest absolute Gasteiger partial charge is 0.254 e. The second-order valence-electron chi connectivity index (χ2n) is 6.40. The van der Waals surface area contributed by atoms with Crippen LogP contribution in [0.5, 0.6) is 0 Å². The molecule has 0 radical (unpaired) electrons. The molecule has 2 aromatic carbocycles. The Kier molecular flexibility index (Phi) is 6.98. The van der Waals surface area contributed by atoms with Crippen molar-refractivity contribution in [2.75, 3.05) is 18.0 Å². The lowest BCUT2D eigenvalue weighted by Crippen LogP contribution is -2.27. The van der Waals surface area contributed by atoms with E-state index < -0.39 is 0 Å². The largest absolute Gasteiger partial charge is 0.352 e. The Morgan fingerprint density at radius 1 is 1.00 bits per heavy atom. The molecule has 1 heterocycles. The molecule has 0 unspecified atom stereocenters. The first-order valence-electron chi connectivity index (χ1n) is 9.29. The van der Waals surface area contributed by atoms with Crippen LogP contribution in [-0.2, 0) is 13.0 Å². The summed E-state index contributed by atoms with van der Waals surface area (Å²) in [5.74, 6) is 0.440. The topological polar surface area (TPSA) is 58.1 Å². The van der Waals surface area contributed by atoms with Gasteiger partial charge < -0.3 is 10.2 Å². The number of carbonyl (C=O) groups is 1. The molecule has 5 nitrogen and oxygen atoms in total. The zero-order chi connectivity index (χ0) is 19.8. The van der Waals surface area contributed by atoms with Crippen molar-refractivity contribution in [1.82, 2.24) is 15.3 Å². The number of nitrogens with one attached hydrogen (secondary N) is 1. The summed E-state index contributed by atoms with van der Waals surface area (Å²) in [5, 5.41) is 3.61. The zero-order valence-corrected chi connectivity index (χ0v) is 16.6. The average molecular weight is 395 g/mol. The molecule has 0 aliphatic heterocycles. The predicted octanol–water partition coefficient (Wildman–Crippen LogP) is 4.13. The SMILES string of the molecule is CCN(Cc1ccccc1)c1ncc(C(=O)NCCc2ccc(Cl)cc2)cn1. The van der Waals surface area contributed by atoms with Gasteiger partial charge in [0.2, 0.25) is 5.95 Å². The average Bonchev–Trinajstić information content (AvgIpc) is 2.74. The van der Waals surface area contributed by atoms with Gasteiger partial charge in [-0.3, -0.25) is 4.79 Å². The molecule has 3 aromatic rings. The van der Waals surface area contributed by atoms with Gasteiger partial charge >= 0.3 is 0 Å². The molecule has 0 saturated carbocycles. The van der Waals surface area contributed by atoms with Crippen LogP contribution in [0.25, 0.3) is 0 Å². The maximum atomic E-state index is 12.3. The monoisotopic (exact) mass is 394 g/mol. The Balaban J connectivity index is 1.55. The van der Waals surface area contributed by atoms with Crippen LogP contribution in [0.3, 0.4) is 0 Å². The van der Waals surface area contributed by atoms with Crippen molar-refractivity contribution in [2.24, 2.45) is 0 Å². The first-order valence-corrected chi connectivity index (χ1v) is 9.67. The van der Waals surface area contributed by atoms with Crippen LogP contribution in [0.4, 0.5) is 5.95 Å². The van der Waals surface area contributed by atoms with E-state index in [0.29, 0.717) is 23.1 Å².